The molecule has 0 aromatic rings. The molecule has 0 fully saturated rings. The summed E-state index contributed by atoms with van der Waals surface area (Å²) in [6.07, 6.45) is -1.26. The minimum Gasteiger partial charge on any atom is -0.780 e. The molecule has 0 bridgehead atoms. The van der Waals surface area contributed by atoms with Crippen LogP contribution in [-0.4, -0.2) is 36.4 Å². The maximum Gasteiger partial charge on any atom is 0.197 e. The van der Waals surface area contributed by atoms with Crippen molar-refractivity contribution in [2.24, 2.45) is 0 Å². The van der Waals surface area contributed by atoms with Crippen molar-refractivity contribution >= 4 is 37.6 Å². The van der Waals surface area contributed by atoms with Gasteiger partial charge in [0.15, 0.2) is 6.80 Å². The van der Waals surface area contributed by atoms with Crippen molar-refractivity contribution in [1.29, 1.82) is 0 Å². The largest absolute Gasteiger partial charge is 0.780 e. The van der Waals surface area contributed by atoms with Gasteiger partial charge in [0.05, 0.1) is 13.2 Å². The second-order valence-corrected chi connectivity index (χ2v) is 7.78. The Kier molecular flexibility index (Phi) is 7.10. The Morgan fingerprint density at radius 2 is 2.00 bits per heavy atom. The normalized spacial score (nSPS) is 21.7. The Bertz CT molecular complexity index is 278. The zero-order valence-corrected chi connectivity index (χ0v) is 11.1. The van der Waals surface area contributed by atoms with Crippen LogP contribution in [0.2, 0.25) is 0 Å². The van der Waals surface area contributed by atoms with Crippen molar-refractivity contribution in [3.8, 4) is 0 Å². The predicted octanol–water partition coefficient (Wildman–Crippen LogP) is -0.741. The van der Waals surface area contributed by atoms with Crippen LogP contribution in [0.4, 0.5) is 0 Å². The van der Waals surface area contributed by atoms with Crippen LogP contribution in [0.5, 0.6) is 0 Å². The first-order valence-electron chi connectivity index (χ1n) is 3.54. The molecule has 3 unspecified atom stereocenters. The second-order valence-electron chi connectivity index (χ2n) is 2.34. The minimum atomic E-state index is -4.05. The highest BCUT2D eigenvalue weighted by molar-refractivity contribution is 8.31. The van der Waals surface area contributed by atoms with Crippen LogP contribution < -0.4 is 4.89 Å². The summed E-state index contributed by atoms with van der Waals surface area (Å²) in [5.74, 6) is 0. The fourth-order valence-corrected chi connectivity index (χ4v) is 1.64. The molecule has 0 heterocycles. The van der Waals surface area contributed by atoms with E-state index in [4.69, 9.17) is 10.00 Å². The van der Waals surface area contributed by atoms with Gasteiger partial charge in [-0.2, -0.15) is 0 Å². The van der Waals surface area contributed by atoms with Gasteiger partial charge in [-0.15, -0.1) is 0 Å². The Hall–Kier alpha value is 0.990. The first-order valence-corrected chi connectivity index (χ1v) is 8.69. The number of hydrogen-bond donors (Lipinski definition) is 2. The maximum absolute atomic E-state index is 11.0. The van der Waals surface area contributed by atoms with Gasteiger partial charge in [-0.05, 0) is 0 Å². The van der Waals surface area contributed by atoms with Crippen LogP contribution in [-0.2, 0) is 42.2 Å². The van der Waals surface area contributed by atoms with E-state index in [9.17, 15) is 9.46 Å². The number of aliphatic hydroxyl groups is 1. The van der Waals surface area contributed by atoms with E-state index in [1.807, 2.05) is 0 Å². The molecule has 7 nitrogen and oxygen atoms in total. The molecule has 0 rings (SSSR count). The molecule has 0 aromatic heterocycles. The van der Waals surface area contributed by atoms with Gasteiger partial charge in [0, 0.05) is 7.11 Å². The highest BCUT2D eigenvalue weighted by Crippen LogP contribution is 2.39. The van der Waals surface area contributed by atoms with Gasteiger partial charge in [-0.3, -0.25) is 4.57 Å². The third kappa shape index (κ3) is 9.89. The van der Waals surface area contributed by atoms with Crippen LogP contribution in [0.15, 0.2) is 0 Å². The second kappa shape index (κ2) is 6.66. The van der Waals surface area contributed by atoms with Gasteiger partial charge >= 0.3 is 0 Å². The average molecular weight is 296 g/mol. The van der Waals surface area contributed by atoms with E-state index in [1.165, 1.54) is 0 Å². The Balaban J connectivity index is 3.81. The summed E-state index contributed by atoms with van der Waals surface area (Å²) in [6, 6.07) is 0. The SMILES string of the molecule is COP([O-])(=S)OCC(O)COP(=O)(O)[S-]. The van der Waals surface area contributed by atoms with Crippen LogP contribution >= 0.6 is 13.5 Å². The number of hydrogen-bond acceptors (Lipinski definition) is 8. The summed E-state index contributed by atoms with van der Waals surface area (Å²) in [5, 5.41) is 9.12. The van der Waals surface area contributed by atoms with Gasteiger partial charge in [0.2, 0.25) is 0 Å². The van der Waals surface area contributed by atoms with Gasteiger partial charge in [-0.1, -0.05) is 11.8 Å². The molecular weight excluding hydrogens is 286 g/mol. The van der Waals surface area contributed by atoms with Crippen molar-refractivity contribution < 1.29 is 33.0 Å². The van der Waals surface area contributed by atoms with Gasteiger partial charge < -0.3 is 40.7 Å². The monoisotopic (exact) mass is 296 g/mol. The quantitative estimate of drug-likeness (QED) is 0.463. The molecule has 11 heteroatoms. The lowest BCUT2D eigenvalue weighted by molar-refractivity contribution is -0.206. The van der Waals surface area contributed by atoms with Crippen LogP contribution in [0.1, 0.15) is 0 Å². The summed E-state index contributed by atoms with van der Waals surface area (Å²) in [6.45, 7) is -8.59. The van der Waals surface area contributed by atoms with Crippen LogP contribution in [0, 0.1) is 0 Å². The fraction of sp³-hybridized carbons (Fsp3) is 1.00. The molecular formula is C4H10O7P2S2-2. The highest BCUT2D eigenvalue weighted by atomic mass is 32.7. The highest BCUT2D eigenvalue weighted by Gasteiger charge is 2.10. The Morgan fingerprint density at radius 1 is 1.53 bits per heavy atom. The van der Waals surface area contributed by atoms with E-state index in [0.29, 0.717) is 0 Å². The molecule has 0 amide bonds. The van der Waals surface area contributed by atoms with E-state index in [2.05, 4.69) is 37.6 Å². The van der Waals surface area contributed by atoms with Crippen molar-refractivity contribution in [1.82, 2.24) is 0 Å². The van der Waals surface area contributed by atoms with Crippen molar-refractivity contribution in [3.63, 3.8) is 0 Å². The van der Waals surface area contributed by atoms with Crippen LogP contribution in [0.3, 0.4) is 0 Å². The van der Waals surface area contributed by atoms with Crippen molar-refractivity contribution in [2.45, 2.75) is 6.10 Å². The molecule has 0 aromatic carbocycles. The first-order chi connectivity index (χ1) is 6.66. The summed E-state index contributed by atoms with van der Waals surface area (Å²) < 4.78 is 23.5. The molecule has 0 aliphatic heterocycles. The molecule has 0 saturated heterocycles. The minimum absolute atomic E-state index is 0.441. The third-order valence-corrected chi connectivity index (χ3v) is 3.55. The molecule has 2 N–H and O–H groups in total. The van der Waals surface area contributed by atoms with Gasteiger partial charge in [0.25, 0.3) is 0 Å². The molecule has 15 heavy (non-hydrogen) atoms. The van der Waals surface area contributed by atoms with Gasteiger partial charge in [0.1, 0.15) is 12.8 Å². The van der Waals surface area contributed by atoms with E-state index in [0.717, 1.165) is 7.11 Å². The van der Waals surface area contributed by atoms with E-state index >= 15 is 0 Å². The molecule has 0 aliphatic rings. The lowest BCUT2D eigenvalue weighted by Crippen LogP contribution is -2.22. The summed E-state index contributed by atoms with van der Waals surface area (Å²) in [7, 11) is 1.10. The van der Waals surface area contributed by atoms with E-state index in [1.54, 1.807) is 0 Å². The topological polar surface area (TPSA) is 108 Å². The zero-order valence-electron chi connectivity index (χ0n) is 7.64. The summed E-state index contributed by atoms with van der Waals surface area (Å²) in [5.41, 5.74) is 0. The van der Waals surface area contributed by atoms with Crippen LogP contribution in [0.25, 0.3) is 0 Å². The molecule has 92 valence electrons. The summed E-state index contributed by atoms with van der Waals surface area (Å²) >= 11 is 8.38. The van der Waals surface area contributed by atoms with Crippen molar-refractivity contribution in [2.75, 3.05) is 20.3 Å². The Labute approximate surface area is 97.3 Å². The van der Waals surface area contributed by atoms with E-state index < -0.39 is 32.8 Å². The van der Waals surface area contributed by atoms with E-state index in [-0.39, 0.29) is 0 Å². The standard InChI is InChI=1S/C4H12O7P2S2/c1-9-13(8,15)11-3-4(5)2-10-12(6,7)14/h4-5H,2-3H2,1H3,(H,8,15)(H2,6,7,14)/p-2. The average Bonchev–Trinajstić information content (AvgIpc) is 2.10. The summed E-state index contributed by atoms with van der Waals surface area (Å²) in [4.78, 5) is 19.5. The smallest absolute Gasteiger partial charge is 0.197 e. The number of aliphatic hydroxyl groups excluding tert-OH is 1. The zero-order chi connectivity index (χ0) is 12.1. The lowest BCUT2D eigenvalue weighted by Gasteiger charge is -2.26. The van der Waals surface area contributed by atoms with Crippen molar-refractivity contribution in [3.05, 3.63) is 0 Å². The Morgan fingerprint density at radius 3 is 2.40 bits per heavy atom. The predicted molar refractivity (Wildman–Crippen MR) is 56.4 cm³/mol. The fourth-order valence-electron chi connectivity index (χ4n) is 0.458. The maximum atomic E-state index is 11.0. The molecule has 0 spiro atoms. The van der Waals surface area contributed by atoms with Gasteiger partial charge in [-0.25, -0.2) is 0 Å². The number of rotatable bonds is 7. The lowest BCUT2D eigenvalue weighted by atomic mass is 10.4. The third-order valence-electron chi connectivity index (χ3n) is 1.08. The molecule has 0 radical (unpaired) electrons. The molecule has 0 aliphatic carbocycles. The first kappa shape index (κ1) is 16.0. The molecule has 3 atom stereocenters. The molecule has 0 saturated carbocycles.